The number of benzene rings is 1. The largest absolute Gasteiger partial charge is 0.497 e. The number of rotatable bonds is 18. The highest BCUT2D eigenvalue weighted by atomic mass is 127. The molecule has 2 rings (SSSR count). The summed E-state index contributed by atoms with van der Waals surface area (Å²) in [7, 11) is -2.17. The Bertz CT molecular complexity index is 1120. The predicted molar refractivity (Wildman–Crippen MR) is 210 cm³/mol. The zero-order valence-corrected chi connectivity index (χ0v) is 36.2. The molecule has 0 unspecified atom stereocenters. The molecular formula is C38H67IO6Si2. The van der Waals surface area contributed by atoms with E-state index in [1.165, 1.54) is 0 Å². The van der Waals surface area contributed by atoms with E-state index in [0.29, 0.717) is 25.4 Å². The molecule has 6 nitrogen and oxygen atoms in total. The van der Waals surface area contributed by atoms with Gasteiger partial charge < -0.3 is 23.1 Å². The number of ether oxygens (including phenoxy) is 3. The summed E-state index contributed by atoms with van der Waals surface area (Å²) in [6, 6.07) is 7.91. The maximum absolute atomic E-state index is 13.6. The molecule has 1 aromatic carbocycles. The average molecular weight is 803 g/mol. The highest BCUT2D eigenvalue weighted by molar-refractivity contribution is 14.1. The van der Waals surface area contributed by atoms with Gasteiger partial charge in [-0.1, -0.05) is 97.0 Å². The number of hydrogen-bond acceptors (Lipinski definition) is 6. The van der Waals surface area contributed by atoms with Crippen LogP contribution in [0.4, 0.5) is 0 Å². The quantitative estimate of drug-likeness (QED) is 0.109. The van der Waals surface area contributed by atoms with Crippen LogP contribution in [0, 0.1) is 17.8 Å². The summed E-state index contributed by atoms with van der Waals surface area (Å²) in [5.74, 6) is 1.53. The van der Waals surface area contributed by atoms with E-state index in [0.717, 1.165) is 30.8 Å². The van der Waals surface area contributed by atoms with Crippen LogP contribution in [0.5, 0.6) is 5.75 Å². The fraction of sp³-hybridized carbons (Fsp3) is 0.763. The highest BCUT2D eigenvalue weighted by Crippen LogP contribution is 2.43. The van der Waals surface area contributed by atoms with E-state index < -0.39 is 16.6 Å². The van der Waals surface area contributed by atoms with Crippen molar-refractivity contribution >= 4 is 45.0 Å². The Morgan fingerprint density at radius 1 is 0.957 bits per heavy atom. The van der Waals surface area contributed by atoms with Crippen molar-refractivity contribution in [2.24, 2.45) is 17.8 Å². The van der Waals surface area contributed by atoms with Gasteiger partial charge in [0.2, 0.25) is 0 Å². The number of Topliss-reactive ketones (excluding diaryl/α,β-unsaturated/α-hetero) is 1. The monoisotopic (exact) mass is 802 g/mol. The van der Waals surface area contributed by atoms with Gasteiger partial charge in [0.15, 0.2) is 16.6 Å². The second kappa shape index (κ2) is 18.1. The molecule has 1 heterocycles. The van der Waals surface area contributed by atoms with Crippen LogP contribution in [0.2, 0.25) is 36.3 Å². The maximum Gasteiger partial charge on any atom is 0.192 e. The van der Waals surface area contributed by atoms with E-state index in [2.05, 4.69) is 117 Å². The lowest BCUT2D eigenvalue weighted by Crippen LogP contribution is -2.47. The van der Waals surface area contributed by atoms with Gasteiger partial charge in [0, 0.05) is 25.9 Å². The van der Waals surface area contributed by atoms with Crippen LogP contribution >= 0.6 is 22.6 Å². The Balaban J connectivity index is 2.08. The molecule has 1 aliphatic heterocycles. The fourth-order valence-corrected chi connectivity index (χ4v) is 8.39. The first-order chi connectivity index (χ1) is 21.6. The first kappa shape index (κ1) is 42.6. The molecule has 1 fully saturated rings. The smallest absolute Gasteiger partial charge is 0.192 e. The van der Waals surface area contributed by atoms with Gasteiger partial charge in [-0.3, -0.25) is 4.79 Å². The van der Waals surface area contributed by atoms with Crippen LogP contribution in [0.25, 0.3) is 0 Å². The molecule has 0 spiro atoms. The highest BCUT2D eigenvalue weighted by Gasteiger charge is 2.47. The lowest BCUT2D eigenvalue weighted by Gasteiger charge is -2.40. The molecule has 9 heteroatoms. The summed E-state index contributed by atoms with van der Waals surface area (Å²) in [5, 5.41) is 0.293. The summed E-state index contributed by atoms with van der Waals surface area (Å²) in [5.41, 5.74) is 1.08. The maximum atomic E-state index is 13.6. The molecule has 47 heavy (non-hydrogen) atoms. The summed E-state index contributed by atoms with van der Waals surface area (Å²) in [6.45, 7) is 30.8. The van der Waals surface area contributed by atoms with E-state index in [-0.39, 0.29) is 52.1 Å². The Kier molecular flexibility index (Phi) is 16.4. The molecule has 0 N–H and O–H groups in total. The van der Waals surface area contributed by atoms with Crippen molar-refractivity contribution in [2.75, 3.05) is 13.7 Å². The molecular weight excluding hydrogens is 735 g/mol. The number of methoxy groups -OCH3 is 1. The molecule has 0 radical (unpaired) electrons. The van der Waals surface area contributed by atoms with Crippen molar-refractivity contribution in [2.45, 2.75) is 155 Å². The molecule has 0 aromatic heterocycles. The summed E-state index contributed by atoms with van der Waals surface area (Å²) < 4.78 is 34.0. The molecule has 7 atom stereocenters. The minimum absolute atomic E-state index is 0.00703. The summed E-state index contributed by atoms with van der Waals surface area (Å²) >= 11 is 2.22. The molecule has 1 saturated heterocycles. The van der Waals surface area contributed by atoms with Gasteiger partial charge in [-0.2, -0.15) is 0 Å². The number of halogens is 1. The molecule has 0 amide bonds. The van der Waals surface area contributed by atoms with E-state index >= 15 is 0 Å². The van der Waals surface area contributed by atoms with Gasteiger partial charge in [-0.05, 0) is 88.3 Å². The van der Waals surface area contributed by atoms with Gasteiger partial charge in [0.1, 0.15) is 11.5 Å². The van der Waals surface area contributed by atoms with Crippen LogP contribution in [0.3, 0.4) is 0 Å². The molecule has 1 aliphatic rings. The fourth-order valence-electron chi connectivity index (χ4n) is 5.58. The van der Waals surface area contributed by atoms with Crippen molar-refractivity contribution in [1.82, 2.24) is 0 Å². The van der Waals surface area contributed by atoms with E-state index in [1.807, 2.05) is 28.3 Å². The number of ketones is 1. The standard InChI is InChI=1S/C38H67IO6Si2/c1-27(20-22-43-46(11,12)37(4,5)6)34-25-35(45-47(13,14)38(7,8)9)36(44-34)29(3)24-31(40)23-28(2)33(19-21-39)42-26-30-15-17-32(41-10)18-16-30/h15-19,21,27-29,33-36H,20,22-26H2,1-14H3/b21-19+/t27-,28-,29-,33+,34-,35-,36-/m0/s1. The van der Waals surface area contributed by atoms with Gasteiger partial charge in [0.25, 0.3) is 0 Å². The minimum Gasteiger partial charge on any atom is -0.497 e. The van der Waals surface area contributed by atoms with Crippen LogP contribution in [-0.4, -0.2) is 60.6 Å². The Morgan fingerprint density at radius 3 is 2.09 bits per heavy atom. The molecule has 270 valence electrons. The molecule has 0 bridgehead atoms. The number of hydrogen-bond donors (Lipinski definition) is 0. The second-order valence-electron chi connectivity index (χ2n) is 17.0. The first-order valence-corrected chi connectivity index (χ1v) is 24.7. The second-order valence-corrected chi connectivity index (χ2v) is 27.3. The van der Waals surface area contributed by atoms with E-state index in [9.17, 15) is 4.79 Å². The molecule has 0 aliphatic carbocycles. The van der Waals surface area contributed by atoms with E-state index in [4.69, 9.17) is 23.1 Å². The Morgan fingerprint density at radius 2 is 1.55 bits per heavy atom. The third-order valence-electron chi connectivity index (χ3n) is 11.0. The van der Waals surface area contributed by atoms with Crippen molar-refractivity contribution in [3.05, 3.63) is 40.0 Å². The van der Waals surface area contributed by atoms with Crippen LogP contribution in [0.15, 0.2) is 34.4 Å². The zero-order chi connectivity index (χ0) is 35.8. The van der Waals surface area contributed by atoms with Crippen molar-refractivity contribution < 1.29 is 27.9 Å². The topological polar surface area (TPSA) is 63.2 Å². The van der Waals surface area contributed by atoms with Gasteiger partial charge in [-0.25, -0.2) is 0 Å². The Hall–Kier alpha value is -0.566. The summed E-state index contributed by atoms with van der Waals surface area (Å²) in [6.07, 6.45) is 4.66. The third kappa shape index (κ3) is 12.9. The summed E-state index contributed by atoms with van der Waals surface area (Å²) in [4.78, 5) is 13.6. The predicted octanol–water partition coefficient (Wildman–Crippen LogP) is 10.7. The average Bonchev–Trinajstić information content (AvgIpc) is 3.37. The minimum atomic E-state index is -2.04. The van der Waals surface area contributed by atoms with Gasteiger partial charge in [-0.15, -0.1) is 0 Å². The Labute approximate surface area is 303 Å². The van der Waals surface area contributed by atoms with Crippen molar-refractivity contribution in [3.63, 3.8) is 0 Å². The number of carbonyl (C=O) groups excluding carboxylic acids is 1. The normalized spacial score (nSPS) is 22.3. The lowest BCUT2D eigenvalue weighted by molar-refractivity contribution is -0.123. The third-order valence-corrected chi connectivity index (χ3v) is 20.4. The zero-order valence-electron chi connectivity index (χ0n) is 32.1. The van der Waals surface area contributed by atoms with Gasteiger partial charge in [0.05, 0.1) is 38.1 Å². The van der Waals surface area contributed by atoms with Crippen LogP contribution in [-0.2, 0) is 29.7 Å². The number of carbonyl (C=O) groups is 1. The lowest BCUT2D eigenvalue weighted by atomic mass is 9.89. The van der Waals surface area contributed by atoms with Crippen molar-refractivity contribution in [3.8, 4) is 5.75 Å². The SMILES string of the molecule is COc1ccc(CO[C@H](/C=C/I)[C@@H](C)CC(=O)C[C@H](C)[C@@H]2O[C@H]([C@@H](C)CCO[Si](C)(C)C(C)(C)C)C[C@@H]2O[Si](C)(C)C(C)(C)C)cc1. The van der Waals surface area contributed by atoms with Crippen LogP contribution in [0.1, 0.15) is 93.6 Å². The first-order valence-electron chi connectivity index (χ1n) is 17.6. The van der Waals surface area contributed by atoms with Crippen LogP contribution < -0.4 is 4.74 Å². The van der Waals surface area contributed by atoms with Gasteiger partial charge >= 0.3 is 0 Å². The molecule has 1 aromatic rings. The van der Waals surface area contributed by atoms with Crippen molar-refractivity contribution in [1.29, 1.82) is 0 Å². The van der Waals surface area contributed by atoms with E-state index in [1.54, 1.807) is 7.11 Å². The molecule has 0 saturated carbocycles.